The molecule has 1 fully saturated rings. The second-order valence-electron chi connectivity index (χ2n) is 7.93. The maximum atomic E-state index is 13.6. The molecule has 35 heavy (non-hydrogen) atoms. The molecule has 0 aliphatic carbocycles. The number of thioether (sulfide) groups is 1. The lowest BCUT2D eigenvalue weighted by Gasteiger charge is -2.19. The zero-order valence-electron chi connectivity index (χ0n) is 19.1. The Labute approximate surface area is 213 Å². The number of nitrogens with zero attached hydrogens (tertiary/aromatic N) is 2. The largest absolute Gasteiger partial charge is 0.497 e. The first kappa shape index (κ1) is 24.4. The summed E-state index contributed by atoms with van der Waals surface area (Å²) < 4.78 is 5.23. The number of aryl methyl sites for hydroxylation is 1. The average Bonchev–Trinajstić information content (AvgIpc) is 3.15. The quantitative estimate of drug-likeness (QED) is 0.343. The molecular formula is C27H22ClN3O3S. The molecule has 0 radical (unpaired) electrons. The van der Waals surface area contributed by atoms with E-state index in [2.05, 4.69) is 5.32 Å². The summed E-state index contributed by atoms with van der Waals surface area (Å²) in [4.78, 5) is 28.2. The van der Waals surface area contributed by atoms with Crippen molar-refractivity contribution in [1.82, 2.24) is 0 Å². The van der Waals surface area contributed by atoms with E-state index < -0.39 is 11.2 Å². The first-order chi connectivity index (χ1) is 16.9. The number of hydrogen-bond donors (Lipinski definition) is 1. The van der Waals surface area contributed by atoms with Gasteiger partial charge in [-0.05, 0) is 73.0 Å². The van der Waals surface area contributed by atoms with Crippen molar-refractivity contribution in [3.8, 4) is 11.8 Å². The molecule has 1 aliphatic heterocycles. The summed E-state index contributed by atoms with van der Waals surface area (Å²) in [6.45, 7) is 1.91. The van der Waals surface area contributed by atoms with Gasteiger partial charge in [0.2, 0.25) is 5.91 Å². The Morgan fingerprint density at radius 3 is 2.54 bits per heavy atom. The van der Waals surface area contributed by atoms with Crippen LogP contribution >= 0.6 is 23.4 Å². The van der Waals surface area contributed by atoms with Crippen LogP contribution < -0.4 is 15.0 Å². The Kier molecular flexibility index (Phi) is 7.45. The van der Waals surface area contributed by atoms with E-state index in [1.165, 1.54) is 16.7 Å². The number of methoxy groups -OCH3 is 1. The molecule has 1 saturated heterocycles. The van der Waals surface area contributed by atoms with Crippen molar-refractivity contribution in [2.24, 2.45) is 0 Å². The summed E-state index contributed by atoms with van der Waals surface area (Å²) in [5.74, 6) is -0.159. The molecule has 1 unspecified atom stereocenters. The molecule has 4 rings (SSSR count). The van der Waals surface area contributed by atoms with Crippen LogP contribution in [0.1, 0.15) is 11.1 Å². The SMILES string of the molecule is COc1ccc(N2C(=O)C(Cc3cccc(Cl)c3)S/C2=C(/C#N)C(=O)Nc2cccc(C)c2)cc1. The summed E-state index contributed by atoms with van der Waals surface area (Å²) in [5.41, 5.74) is 2.85. The van der Waals surface area contributed by atoms with Gasteiger partial charge in [-0.2, -0.15) is 5.26 Å². The summed E-state index contributed by atoms with van der Waals surface area (Å²) in [6, 6.07) is 23.5. The minimum absolute atomic E-state index is 0.130. The fourth-order valence-electron chi connectivity index (χ4n) is 3.75. The number of benzene rings is 3. The van der Waals surface area contributed by atoms with Gasteiger partial charge in [-0.1, -0.05) is 47.6 Å². The molecule has 0 bridgehead atoms. The van der Waals surface area contributed by atoms with E-state index in [-0.39, 0.29) is 11.5 Å². The van der Waals surface area contributed by atoms with Gasteiger partial charge in [0.05, 0.1) is 12.4 Å². The number of carbonyl (C=O) groups excluding carboxylic acids is 2. The van der Waals surface area contributed by atoms with Crippen LogP contribution in [-0.4, -0.2) is 24.2 Å². The molecule has 3 aromatic rings. The lowest BCUT2D eigenvalue weighted by Crippen LogP contribution is -2.30. The predicted molar refractivity (Wildman–Crippen MR) is 139 cm³/mol. The number of halogens is 1. The van der Waals surface area contributed by atoms with Gasteiger partial charge in [-0.25, -0.2) is 0 Å². The molecule has 6 nitrogen and oxygen atoms in total. The van der Waals surface area contributed by atoms with Gasteiger partial charge in [0.1, 0.15) is 22.4 Å². The van der Waals surface area contributed by atoms with Crippen molar-refractivity contribution in [2.75, 3.05) is 17.3 Å². The highest BCUT2D eigenvalue weighted by atomic mass is 35.5. The summed E-state index contributed by atoms with van der Waals surface area (Å²) >= 11 is 7.34. The van der Waals surface area contributed by atoms with Gasteiger partial charge in [0.15, 0.2) is 0 Å². The van der Waals surface area contributed by atoms with Crippen LogP contribution in [0.5, 0.6) is 5.75 Å². The van der Waals surface area contributed by atoms with Gasteiger partial charge >= 0.3 is 0 Å². The minimum Gasteiger partial charge on any atom is -0.497 e. The van der Waals surface area contributed by atoms with Crippen LogP contribution in [0.2, 0.25) is 5.02 Å². The Morgan fingerprint density at radius 2 is 1.89 bits per heavy atom. The predicted octanol–water partition coefficient (Wildman–Crippen LogP) is 5.72. The second-order valence-corrected chi connectivity index (χ2v) is 9.56. The summed E-state index contributed by atoms with van der Waals surface area (Å²) in [6.07, 6.45) is 0.401. The fraction of sp³-hybridized carbons (Fsp3) is 0.148. The van der Waals surface area contributed by atoms with Gasteiger partial charge in [0, 0.05) is 16.4 Å². The van der Waals surface area contributed by atoms with E-state index >= 15 is 0 Å². The molecular weight excluding hydrogens is 482 g/mol. The van der Waals surface area contributed by atoms with Gasteiger partial charge < -0.3 is 10.1 Å². The maximum absolute atomic E-state index is 13.6. The zero-order chi connectivity index (χ0) is 24.9. The Bertz CT molecular complexity index is 1350. The smallest absolute Gasteiger partial charge is 0.269 e. The first-order valence-corrected chi connectivity index (χ1v) is 12.1. The molecule has 2 amide bonds. The Morgan fingerprint density at radius 1 is 1.14 bits per heavy atom. The van der Waals surface area contributed by atoms with Crippen LogP contribution in [0.4, 0.5) is 11.4 Å². The number of rotatable bonds is 6. The number of ether oxygens (including phenoxy) is 1. The van der Waals surface area contributed by atoms with Crippen molar-refractivity contribution < 1.29 is 14.3 Å². The Balaban J connectivity index is 1.73. The van der Waals surface area contributed by atoms with E-state index in [9.17, 15) is 14.9 Å². The van der Waals surface area contributed by atoms with Gasteiger partial charge in [-0.3, -0.25) is 14.5 Å². The highest BCUT2D eigenvalue weighted by Crippen LogP contribution is 2.42. The summed E-state index contributed by atoms with van der Waals surface area (Å²) in [5, 5.41) is 13.1. The van der Waals surface area contributed by atoms with E-state index in [1.807, 2.05) is 49.4 Å². The van der Waals surface area contributed by atoms with Crippen molar-refractivity contribution in [3.63, 3.8) is 0 Å². The molecule has 1 heterocycles. The molecule has 1 N–H and O–H groups in total. The van der Waals surface area contributed by atoms with Gasteiger partial charge in [-0.15, -0.1) is 0 Å². The van der Waals surface area contributed by atoms with E-state index in [1.54, 1.807) is 43.5 Å². The minimum atomic E-state index is -0.574. The number of nitrogens with one attached hydrogen (secondary N) is 1. The summed E-state index contributed by atoms with van der Waals surface area (Å²) in [7, 11) is 1.56. The topological polar surface area (TPSA) is 82.4 Å². The number of nitriles is 1. The highest BCUT2D eigenvalue weighted by molar-refractivity contribution is 8.05. The van der Waals surface area contributed by atoms with Crippen molar-refractivity contribution in [1.29, 1.82) is 5.26 Å². The molecule has 176 valence electrons. The first-order valence-electron chi connectivity index (χ1n) is 10.8. The third kappa shape index (κ3) is 5.51. The number of anilines is 2. The lowest BCUT2D eigenvalue weighted by atomic mass is 10.1. The van der Waals surface area contributed by atoms with E-state index in [0.29, 0.717) is 33.6 Å². The van der Waals surface area contributed by atoms with Crippen molar-refractivity contribution in [3.05, 3.63) is 99.5 Å². The average molecular weight is 504 g/mol. The van der Waals surface area contributed by atoms with Crippen molar-refractivity contribution >= 4 is 46.6 Å². The van der Waals surface area contributed by atoms with Gasteiger partial charge in [0.25, 0.3) is 5.91 Å². The fourth-order valence-corrected chi connectivity index (χ4v) is 5.27. The number of amides is 2. The molecule has 0 saturated carbocycles. The third-order valence-electron chi connectivity index (χ3n) is 5.42. The van der Waals surface area contributed by atoms with Crippen LogP contribution in [0.3, 0.4) is 0 Å². The van der Waals surface area contributed by atoms with Crippen LogP contribution in [0, 0.1) is 18.3 Å². The van der Waals surface area contributed by atoms with E-state index in [4.69, 9.17) is 16.3 Å². The van der Waals surface area contributed by atoms with E-state index in [0.717, 1.165) is 11.1 Å². The molecule has 1 aliphatic rings. The molecule has 3 aromatic carbocycles. The normalized spacial score (nSPS) is 16.6. The van der Waals surface area contributed by atoms with Crippen LogP contribution in [0.25, 0.3) is 0 Å². The number of hydrogen-bond acceptors (Lipinski definition) is 5. The zero-order valence-corrected chi connectivity index (χ0v) is 20.7. The van der Waals surface area contributed by atoms with Crippen molar-refractivity contribution in [2.45, 2.75) is 18.6 Å². The Hall–Kier alpha value is -3.73. The standard InChI is InChI=1S/C27H22ClN3O3S/c1-17-5-3-8-20(13-17)30-25(32)23(16-29)27-31(21-9-11-22(34-2)12-10-21)26(33)24(35-27)15-18-6-4-7-19(28)14-18/h3-14,24H,15H2,1-2H3,(H,30,32)/b27-23-. The highest BCUT2D eigenvalue weighted by Gasteiger charge is 2.40. The molecule has 0 spiro atoms. The lowest BCUT2D eigenvalue weighted by molar-refractivity contribution is -0.117. The second kappa shape index (κ2) is 10.7. The van der Waals surface area contributed by atoms with Crippen LogP contribution in [0.15, 0.2) is 83.4 Å². The molecule has 1 atom stereocenters. The number of carbonyl (C=O) groups is 2. The molecule has 0 aromatic heterocycles. The third-order valence-corrected chi connectivity index (χ3v) is 6.92. The van der Waals surface area contributed by atoms with Crippen LogP contribution in [-0.2, 0) is 16.0 Å². The monoisotopic (exact) mass is 503 g/mol. The molecule has 8 heteroatoms. The maximum Gasteiger partial charge on any atom is 0.269 e.